The van der Waals surface area contributed by atoms with Gasteiger partial charge in [0, 0.05) is 47.9 Å². The van der Waals surface area contributed by atoms with E-state index in [9.17, 15) is 28.7 Å². The molecule has 0 radical (unpaired) electrons. The molecule has 1 fully saturated rings. The number of anilines is 2. The molecular formula is C31H25F2N5O5S. The highest BCUT2D eigenvalue weighted by atomic mass is 32.1. The Bertz CT molecular complexity index is 1800. The molecule has 4 aromatic rings. The van der Waals surface area contributed by atoms with Crippen molar-refractivity contribution < 1.29 is 33.1 Å². The molecule has 2 aliphatic heterocycles. The average molecular weight is 618 g/mol. The van der Waals surface area contributed by atoms with Crippen LogP contribution in [0, 0.1) is 11.6 Å². The molecule has 0 bridgehead atoms. The Morgan fingerprint density at radius 1 is 1.14 bits per heavy atom. The molecule has 0 spiro atoms. The van der Waals surface area contributed by atoms with Crippen LogP contribution in [0.3, 0.4) is 0 Å². The van der Waals surface area contributed by atoms with Crippen molar-refractivity contribution in [1.29, 1.82) is 0 Å². The van der Waals surface area contributed by atoms with Gasteiger partial charge in [-0.1, -0.05) is 24.3 Å². The molecule has 10 nitrogen and oxygen atoms in total. The number of phenolic OH excluding ortho intramolecular Hbond substituents is 1. The lowest BCUT2D eigenvalue weighted by atomic mass is 9.89. The van der Waals surface area contributed by atoms with Crippen LogP contribution in [0.15, 0.2) is 66.2 Å². The first-order chi connectivity index (χ1) is 21.2. The molecule has 1 aromatic heterocycles. The number of aromatic hydroxyl groups is 1. The van der Waals surface area contributed by atoms with Gasteiger partial charge < -0.3 is 15.3 Å². The van der Waals surface area contributed by atoms with Gasteiger partial charge in [-0.2, -0.15) is 0 Å². The summed E-state index contributed by atoms with van der Waals surface area (Å²) in [5, 5.41) is 20.6. The summed E-state index contributed by atoms with van der Waals surface area (Å²) in [7, 11) is 0. The number of aromatic nitrogens is 1. The highest BCUT2D eigenvalue weighted by Crippen LogP contribution is 2.39. The van der Waals surface area contributed by atoms with E-state index in [0.29, 0.717) is 16.8 Å². The SMILES string of the molecule is O=C1CCC(c2ccc(CNc3cccc4c3C(=O)N(C(C(=O)Nc3nccs3)c3cc(F)ccc3O)C4)cc2F)C(=O)N1. The van der Waals surface area contributed by atoms with Gasteiger partial charge >= 0.3 is 0 Å². The lowest BCUT2D eigenvalue weighted by Gasteiger charge is -2.27. The monoisotopic (exact) mass is 617 g/mol. The maximum atomic E-state index is 15.0. The van der Waals surface area contributed by atoms with Gasteiger partial charge in [0.2, 0.25) is 11.8 Å². The third-order valence-corrected chi connectivity index (χ3v) is 8.32. The summed E-state index contributed by atoms with van der Waals surface area (Å²) in [6, 6.07) is 11.4. The molecule has 13 heteroatoms. The molecule has 2 aliphatic rings. The van der Waals surface area contributed by atoms with Crippen LogP contribution >= 0.6 is 11.3 Å². The van der Waals surface area contributed by atoms with E-state index < -0.39 is 41.3 Å². The number of piperidine rings is 1. The van der Waals surface area contributed by atoms with E-state index >= 15 is 4.39 Å². The van der Waals surface area contributed by atoms with Crippen molar-refractivity contribution >= 4 is 45.8 Å². The van der Waals surface area contributed by atoms with E-state index in [4.69, 9.17) is 0 Å². The van der Waals surface area contributed by atoms with Crippen molar-refractivity contribution in [3.8, 4) is 5.75 Å². The van der Waals surface area contributed by atoms with E-state index in [-0.39, 0.29) is 59.4 Å². The number of thiazole rings is 1. The maximum Gasteiger partial charge on any atom is 0.257 e. The van der Waals surface area contributed by atoms with Crippen LogP contribution in [0.2, 0.25) is 0 Å². The molecule has 0 aliphatic carbocycles. The molecule has 0 saturated carbocycles. The minimum atomic E-state index is -1.38. The fourth-order valence-electron chi connectivity index (χ4n) is 5.54. The van der Waals surface area contributed by atoms with Crippen molar-refractivity contribution in [2.24, 2.45) is 0 Å². The van der Waals surface area contributed by atoms with E-state index in [1.807, 2.05) is 0 Å². The number of nitrogens with zero attached hydrogens (tertiary/aromatic N) is 2. The van der Waals surface area contributed by atoms with Crippen molar-refractivity contribution in [2.75, 3.05) is 10.6 Å². The molecule has 2 unspecified atom stereocenters. The molecule has 4 amide bonds. The molecular weight excluding hydrogens is 592 g/mol. The van der Waals surface area contributed by atoms with Gasteiger partial charge in [0.1, 0.15) is 23.4 Å². The van der Waals surface area contributed by atoms with Crippen LogP contribution < -0.4 is 16.0 Å². The number of fused-ring (bicyclic) bond motifs is 1. The Labute approximate surface area is 253 Å². The number of imide groups is 1. The first kappa shape index (κ1) is 28.9. The third kappa shape index (κ3) is 5.61. The van der Waals surface area contributed by atoms with E-state index in [0.717, 1.165) is 18.2 Å². The van der Waals surface area contributed by atoms with Crippen LogP contribution in [-0.2, 0) is 27.5 Å². The second kappa shape index (κ2) is 11.8. The normalized spacial score (nSPS) is 16.8. The van der Waals surface area contributed by atoms with Crippen LogP contribution in [0.4, 0.5) is 19.6 Å². The number of carbonyl (C=O) groups excluding carboxylic acids is 4. The number of carbonyl (C=O) groups is 4. The van der Waals surface area contributed by atoms with E-state index in [2.05, 4.69) is 20.9 Å². The predicted molar refractivity (Wildman–Crippen MR) is 157 cm³/mol. The molecule has 4 N–H and O–H groups in total. The third-order valence-electron chi connectivity index (χ3n) is 7.64. The Morgan fingerprint density at radius 2 is 1.98 bits per heavy atom. The Kier molecular flexibility index (Phi) is 7.78. The molecule has 44 heavy (non-hydrogen) atoms. The first-order valence-electron chi connectivity index (χ1n) is 13.7. The van der Waals surface area contributed by atoms with Gasteiger partial charge in [-0.25, -0.2) is 13.8 Å². The van der Waals surface area contributed by atoms with Crippen molar-refractivity contribution in [3.63, 3.8) is 0 Å². The van der Waals surface area contributed by atoms with E-state index in [1.54, 1.807) is 29.6 Å². The van der Waals surface area contributed by atoms with E-state index in [1.165, 1.54) is 34.6 Å². The lowest BCUT2D eigenvalue weighted by Crippen LogP contribution is -2.39. The molecule has 3 heterocycles. The number of hydrogen-bond donors (Lipinski definition) is 4. The quantitative estimate of drug-likeness (QED) is 0.212. The summed E-state index contributed by atoms with van der Waals surface area (Å²) in [6.45, 7) is 0.139. The number of amides is 4. The van der Waals surface area contributed by atoms with Crippen LogP contribution in [0.1, 0.15) is 57.4 Å². The molecule has 1 saturated heterocycles. The standard InChI is InChI=1S/C31H25F2N5O5S/c32-18-5-8-24(39)21(13-18)27(29(42)37-31-34-10-11-44-31)38-15-17-2-1-3-23(26(17)30(38)43)35-14-16-4-6-19(22(33)12-16)20-7-9-25(40)36-28(20)41/h1-6,8,10-13,20,27,35,39H,7,9,14-15H2,(H,34,37,42)(H,36,40,41). The zero-order chi connectivity index (χ0) is 31.0. The van der Waals surface area contributed by atoms with Gasteiger partial charge in [0.05, 0.1) is 11.5 Å². The molecule has 3 aromatic carbocycles. The summed E-state index contributed by atoms with van der Waals surface area (Å²) < 4.78 is 29.3. The lowest BCUT2D eigenvalue weighted by molar-refractivity contribution is -0.134. The van der Waals surface area contributed by atoms with Crippen LogP contribution in [0.5, 0.6) is 5.75 Å². The molecule has 6 rings (SSSR count). The second-order valence-electron chi connectivity index (χ2n) is 10.4. The predicted octanol–water partition coefficient (Wildman–Crippen LogP) is 4.60. The number of hydrogen-bond acceptors (Lipinski definition) is 8. The number of nitrogens with one attached hydrogen (secondary N) is 3. The number of benzene rings is 3. The fourth-order valence-corrected chi connectivity index (χ4v) is 6.08. The van der Waals surface area contributed by atoms with Crippen LogP contribution in [-0.4, -0.2) is 38.6 Å². The maximum absolute atomic E-state index is 15.0. The van der Waals surface area contributed by atoms with Crippen LogP contribution in [0.25, 0.3) is 0 Å². The minimum absolute atomic E-state index is 0.00484. The smallest absolute Gasteiger partial charge is 0.257 e. The zero-order valence-corrected chi connectivity index (χ0v) is 23.8. The van der Waals surface area contributed by atoms with Gasteiger partial charge in [-0.3, -0.25) is 29.8 Å². The highest BCUT2D eigenvalue weighted by Gasteiger charge is 2.40. The summed E-state index contributed by atoms with van der Waals surface area (Å²) in [5.41, 5.74) is 1.99. The Hall–Kier alpha value is -5.17. The molecule has 224 valence electrons. The van der Waals surface area contributed by atoms with Crippen molar-refractivity contribution in [2.45, 2.75) is 37.9 Å². The zero-order valence-electron chi connectivity index (χ0n) is 23.0. The average Bonchev–Trinajstić information content (AvgIpc) is 3.62. The number of rotatable bonds is 8. The number of phenols is 1. The largest absolute Gasteiger partial charge is 0.508 e. The fraction of sp³-hybridized carbons (Fsp3) is 0.194. The van der Waals surface area contributed by atoms with Gasteiger partial charge in [-0.15, -0.1) is 11.3 Å². The topological polar surface area (TPSA) is 141 Å². The first-order valence-corrected chi connectivity index (χ1v) is 14.5. The number of halogens is 2. The summed E-state index contributed by atoms with van der Waals surface area (Å²) >= 11 is 1.17. The van der Waals surface area contributed by atoms with Gasteiger partial charge in [0.25, 0.3) is 11.8 Å². The summed E-state index contributed by atoms with van der Waals surface area (Å²) in [5.74, 6) is -4.48. The summed E-state index contributed by atoms with van der Waals surface area (Å²) in [6.07, 6.45) is 1.86. The highest BCUT2D eigenvalue weighted by molar-refractivity contribution is 7.13. The minimum Gasteiger partial charge on any atom is -0.508 e. The molecule has 2 atom stereocenters. The Balaban J connectivity index is 1.24. The Morgan fingerprint density at radius 3 is 2.73 bits per heavy atom. The van der Waals surface area contributed by atoms with Gasteiger partial charge in [-0.05, 0) is 47.9 Å². The van der Waals surface area contributed by atoms with Gasteiger partial charge in [0.15, 0.2) is 5.13 Å². The second-order valence-corrected chi connectivity index (χ2v) is 11.3. The summed E-state index contributed by atoms with van der Waals surface area (Å²) in [4.78, 5) is 56.3. The van der Waals surface area contributed by atoms with Crippen molar-refractivity contribution in [3.05, 3.63) is 106 Å². The van der Waals surface area contributed by atoms with Crippen molar-refractivity contribution in [1.82, 2.24) is 15.2 Å².